The van der Waals surface area contributed by atoms with Gasteiger partial charge in [-0.3, -0.25) is 4.79 Å². The van der Waals surface area contributed by atoms with Crippen LogP contribution in [0.25, 0.3) is 0 Å². The maximum Gasteiger partial charge on any atom is 0.220 e. The molecule has 0 aliphatic heterocycles. The van der Waals surface area contributed by atoms with Gasteiger partial charge < -0.3 is 15.5 Å². The van der Waals surface area contributed by atoms with E-state index >= 15 is 0 Å². The van der Waals surface area contributed by atoms with Gasteiger partial charge in [0, 0.05) is 6.42 Å². The Hall–Kier alpha value is -0.610. The first-order valence-corrected chi connectivity index (χ1v) is 27.2. The second kappa shape index (κ2) is 50.7. The summed E-state index contributed by atoms with van der Waals surface area (Å²) in [4.78, 5) is 12.5. The summed E-state index contributed by atoms with van der Waals surface area (Å²) in [5, 5.41) is 23.3. The van der Waals surface area contributed by atoms with E-state index in [1.165, 1.54) is 270 Å². The summed E-state index contributed by atoms with van der Waals surface area (Å²) in [7, 11) is 0. The van der Waals surface area contributed by atoms with Crippen molar-refractivity contribution < 1.29 is 15.0 Å². The number of carbonyl (C=O) groups excluding carboxylic acids is 1. The minimum absolute atomic E-state index is 0.0225. The molecular weight excluding hydrogens is 711 g/mol. The first kappa shape index (κ1) is 57.4. The molecule has 1 amide bonds. The van der Waals surface area contributed by atoms with E-state index in [4.69, 9.17) is 0 Å². The van der Waals surface area contributed by atoms with Gasteiger partial charge in [0.1, 0.15) is 0 Å². The summed E-state index contributed by atoms with van der Waals surface area (Å²) in [6.45, 7) is 4.40. The third-order valence-corrected chi connectivity index (χ3v) is 13.1. The molecule has 0 aromatic heterocycles. The summed E-state index contributed by atoms with van der Waals surface area (Å²) in [5.74, 6) is -0.0225. The summed E-state index contributed by atoms with van der Waals surface area (Å²) >= 11 is 0. The van der Waals surface area contributed by atoms with E-state index in [2.05, 4.69) is 19.2 Å². The van der Waals surface area contributed by atoms with Gasteiger partial charge in [-0.2, -0.15) is 0 Å². The van der Waals surface area contributed by atoms with Gasteiger partial charge >= 0.3 is 0 Å². The largest absolute Gasteiger partial charge is 0.394 e. The van der Waals surface area contributed by atoms with E-state index in [0.29, 0.717) is 12.8 Å². The molecule has 0 aromatic carbocycles. The second-order valence-corrected chi connectivity index (χ2v) is 19.0. The molecule has 0 aliphatic rings. The molecule has 348 valence electrons. The lowest BCUT2D eigenvalue weighted by molar-refractivity contribution is -0.123. The van der Waals surface area contributed by atoms with Gasteiger partial charge in [-0.15, -0.1) is 0 Å². The van der Waals surface area contributed by atoms with Crippen molar-refractivity contribution in [1.29, 1.82) is 0 Å². The van der Waals surface area contributed by atoms with Crippen molar-refractivity contribution in [2.75, 3.05) is 6.61 Å². The normalized spacial score (nSPS) is 12.7. The average Bonchev–Trinajstić information content (AvgIpc) is 3.23. The molecule has 3 N–H and O–H groups in total. The Labute approximate surface area is 365 Å². The van der Waals surface area contributed by atoms with Crippen LogP contribution in [0.2, 0.25) is 0 Å². The number of unbranched alkanes of at least 4 members (excludes halogenated alkanes) is 44. The predicted molar refractivity (Wildman–Crippen MR) is 258 cm³/mol. The second-order valence-electron chi connectivity index (χ2n) is 19.0. The minimum Gasteiger partial charge on any atom is -0.394 e. The number of rotatable bonds is 51. The lowest BCUT2D eigenvalue weighted by Gasteiger charge is -2.22. The summed E-state index contributed by atoms with van der Waals surface area (Å²) < 4.78 is 0. The smallest absolute Gasteiger partial charge is 0.220 e. The van der Waals surface area contributed by atoms with Gasteiger partial charge in [0.05, 0.1) is 18.8 Å². The van der Waals surface area contributed by atoms with Crippen LogP contribution in [0.15, 0.2) is 0 Å². The van der Waals surface area contributed by atoms with Crippen molar-refractivity contribution in [3.8, 4) is 0 Å². The highest BCUT2D eigenvalue weighted by atomic mass is 16.3. The predicted octanol–water partition coefficient (Wildman–Crippen LogP) is 17.6. The number of aliphatic hydroxyl groups excluding tert-OH is 2. The van der Waals surface area contributed by atoms with Crippen molar-refractivity contribution in [2.24, 2.45) is 0 Å². The van der Waals surface area contributed by atoms with Crippen LogP contribution in [0.3, 0.4) is 0 Å². The molecule has 0 rings (SSSR count). The molecule has 2 atom stereocenters. The van der Waals surface area contributed by atoms with Crippen LogP contribution in [0.1, 0.15) is 322 Å². The zero-order chi connectivity index (χ0) is 42.1. The lowest BCUT2D eigenvalue weighted by atomic mass is 10.0. The number of hydrogen-bond acceptors (Lipinski definition) is 3. The molecule has 0 saturated carbocycles. The van der Waals surface area contributed by atoms with Crippen molar-refractivity contribution in [2.45, 2.75) is 334 Å². The molecule has 4 nitrogen and oxygen atoms in total. The van der Waals surface area contributed by atoms with Gasteiger partial charge in [-0.05, 0) is 12.8 Å². The number of hydrogen-bond donors (Lipinski definition) is 3. The Morgan fingerprint density at radius 3 is 0.776 bits per heavy atom. The molecule has 0 aliphatic carbocycles. The monoisotopic (exact) mass is 820 g/mol. The maximum absolute atomic E-state index is 12.5. The molecule has 0 heterocycles. The molecular formula is C54H109NO3. The first-order valence-electron chi connectivity index (χ1n) is 27.2. The topological polar surface area (TPSA) is 69.6 Å². The van der Waals surface area contributed by atoms with Gasteiger partial charge in [0.2, 0.25) is 5.91 Å². The molecule has 0 fully saturated rings. The highest BCUT2D eigenvalue weighted by molar-refractivity contribution is 5.76. The van der Waals surface area contributed by atoms with E-state index in [1.54, 1.807) is 0 Å². The van der Waals surface area contributed by atoms with Crippen LogP contribution in [-0.4, -0.2) is 34.9 Å². The van der Waals surface area contributed by atoms with Gasteiger partial charge in [-0.1, -0.05) is 303 Å². The molecule has 0 radical (unpaired) electrons. The Morgan fingerprint density at radius 2 is 0.552 bits per heavy atom. The van der Waals surface area contributed by atoms with Gasteiger partial charge in [-0.25, -0.2) is 0 Å². The van der Waals surface area contributed by atoms with Crippen LogP contribution in [0, 0.1) is 0 Å². The quantitative estimate of drug-likeness (QED) is 0.0536. The molecule has 2 unspecified atom stereocenters. The first-order chi connectivity index (χ1) is 28.7. The van der Waals surface area contributed by atoms with Crippen molar-refractivity contribution in [3.05, 3.63) is 0 Å². The maximum atomic E-state index is 12.5. The lowest BCUT2D eigenvalue weighted by Crippen LogP contribution is -2.45. The summed E-state index contributed by atoms with van der Waals surface area (Å²) in [6, 6.07) is -0.531. The summed E-state index contributed by atoms with van der Waals surface area (Å²) in [6.07, 6.45) is 63.7. The fraction of sp³-hybridized carbons (Fsp3) is 0.981. The average molecular weight is 820 g/mol. The standard InChI is InChI=1S/C54H109NO3/c1-3-5-7-9-11-13-15-17-19-21-23-25-26-27-28-30-31-33-35-37-39-41-43-45-47-49-53(57)52(51-56)55-54(58)50-48-46-44-42-40-38-36-34-32-29-24-22-20-18-16-14-12-10-8-6-4-2/h52-53,56-57H,3-51H2,1-2H3,(H,55,58). The van der Waals surface area contributed by atoms with Gasteiger partial charge in [0.15, 0.2) is 0 Å². The third kappa shape index (κ3) is 46.5. The van der Waals surface area contributed by atoms with Crippen LogP contribution < -0.4 is 5.32 Å². The van der Waals surface area contributed by atoms with E-state index in [9.17, 15) is 15.0 Å². The van der Waals surface area contributed by atoms with Crippen LogP contribution in [-0.2, 0) is 4.79 Å². The Morgan fingerprint density at radius 1 is 0.345 bits per heavy atom. The molecule has 0 saturated heterocycles. The van der Waals surface area contributed by atoms with Gasteiger partial charge in [0.25, 0.3) is 0 Å². The zero-order valence-electron chi connectivity index (χ0n) is 40.1. The van der Waals surface area contributed by atoms with E-state index in [1.807, 2.05) is 0 Å². The highest BCUT2D eigenvalue weighted by Crippen LogP contribution is 2.18. The molecule has 0 bridgehead atoms. The van der Waals surface area contributed by atoms with Crippen LogP contribution in [0.4, 0.5) is 0 Å². The number of carbonyl (C=O) groups is 1. The zero-order valence-corrected chi connectivity index (χ0v) is 40.1. The molecule has 0 aromatic rings. The number of nitrogens with one attached hydrogen (secondary N) is 1. The Bertz CT molecular complexity index is 759. The van der Waals surface area contributed by atoms with Crippen molar-refractivity contribution in [3.63, 3.8) is 0 Å². The fourth-order valence-corrected chi connectivity index (χ4v) is 8.95. The number of aliphatic hydroxyl groups is 2. The van der Waals surface area contributed by atoms with Crippen LogP contribution in [0.5, 0.6) is 0 Å². The van der Waals surface area contributed by atoms with Crippen molar-refractivity contribution in [1.82, 2.24) is 5.32 Å². The third-order valence-electron chi connectivity index (χ3n) is 13.1. The minimum atomic E-state index is -0.654. The highest BCUT2D eigenvalue weighted by Gasteiger charge is 2.20. The molecule has 4 heteroatoms. The SMILES string of the molecule is CCCCCCCCCCCCCCCCCCCCCCCCCCCC(O)C(CO)NC(=O)CCCCCCCCCCCCCCCCCCCCCCC. The van der Waals surface area contributed by atoms with E-state index in [0.717, 1.165) is 25.7 Å². The van der Waals surface area contributed by atoms with Crippen LogP contribution >= 0.6 is 0 Å². The summed E-state index contributed by atoms with van der Waals surface area (Å²) in [5.41, 5.74) is 0. The fourth-order valence-electron chi connectivity index (χ4n) is 8.95. The molecule has 0 spiro atoms. The molecule has 58 heavy (non-hydrogen) atoms. The number of amides is 1. The Kier molecular flexibility index (Phi) is 50.2. The van der Waals surface area contributed by atoms with Crippen molar-refractivity contribution >= 4 is 5.91 Å². The van der Waals surface area contributed by atoms with E-state index < -0.39 is 12.1 Å². The Balaban J connectivity index is 3.41. The van der Waals surface area contributed by atoms with E-state index in [-0.39, 0.29) is 12.5 Å².